The second kappa shape index (κ2) is 5.76. The molecule has 0 aliphatic rings. The number of rotatable bonds is 5. The van der Waals surface area contributed by atoms with Gasteiger partial charge in [0.2, 0.25) is 0 Å². The van der Waals surface area contributed by atoms with Crippen LogP contribution >= 0.6 is 11.6 Å². The number of ketones is 1. The lowest BCUT2D eigenvalue weighted by atomic mass is 10.0. The second-order valence-corrected chi connectivity index (χ2v) is 3.60. The van der Waals surface area contributed by atoms with Crippen LogP contribution in [0.5, 0.6) is 5.75 Å². The molecule has 0 saturated carbocycles. The summed E-state index contributed by atoms with van der Waals surface area (Å²) < 4.78 is 5.47. The van der Waals surface area contributed by atoms with Crippen molar-refractivity contribution in [1.29, 1.82) is 0 Å². The van der Waals surface area contributed by atoms with Crippen molar-refractivity contribution in [3.8, 4) is 5.75 Å². The molecule has 0 radical (unpaired) electrons. The first-order chi connectivity index (χ1) is 7.19. The highest BCUT2D eigenvalue weighted by molar-refractivity contribution is 6.27. The van der Waals surface area contributed by atoms with Crippen LogP contribution in [-0.4, -0.2) is 18.3 Å². The van der Waals surface area contributed by atoms with E-state index >= 15 is 0 Å². The third-order valence-electron chi connectivity index (χ3n) is 2.19. The van der Waals surface area contributed by atoms with Crippen LogP contribution in [0.25, 0.3) is 0 Å². The molecule has 0 aromatic heterocycles. The third-order valence-corrected chi connectivity index (χ3v) is 2.49. The van der Waals surface area contributed by atoms with Gasteiger partial charge in [0, 0.05) is 12.0 Å². The van der Waals surface area contributed by atoms with E-state index in [-0.39, 0.29) is 11.7 Å². The van der Waals surface area contributed by atoms with Gasteiger partial charge in [-0.1, -0.05) is 12.1 Å². The number of ether oxygens (including phenoxy) is 1. The maximum atomic E-state index is 11.3. The molecule has 0 unspecified atom stereocenters. The molecule has 0 amide bonds. The first-order valence-electron chi connectivity index (χ1n) is 4.98. The highest BCUT2D eigenvalue weighted by Crippen LogP contribution is 2.22. The lowest BCUT2D eigenvalue weighted by Gasteiger charge is -2.11. The fourth-order valence-electron chi connectivity index (χ4n) is 1.44. The van der Waals surface area contributed by atoms with Crippen molar-refractivity contribution in [2.75, 3.05) is 12.5 Å². The summed E-state index contributed by atoms with van der Waals surface area (Å²) in [7, 11) is 0. The minimum Gasteiger partial charge on any atom is -0.494 e. The summed E-state index contributed by atoms with van der Waals surface area (Å²) in [4.78, 5) is 11.3. The average molecular weight is 227 g/mol. The molecule has 0 aliphatic heterocycles. The molecular formula is C12H15ClO2. The molecule has 0 spiro atoms. The van der Waals surface area contributed by atoms with E-state index in [9.17, 15) is 4.79 Å². The molecule has 15 heavy (non-hydrogen) atoms. The van der Waals surface area contributed by atoms with Crippen LogP contribution in [0.15, 0.2) is 18.2 Å². The van der Waals surface area contributed by atoms with Crippen LogP contribution in [0.1, 0.15) is 18.1 Å². The van der Waals surface area contributed by atoms with E-state index in [2.05, 4.69) is 0 Å². The number of hydrogen-bond acceptors (Lipinski definition) is 2. The molecule has 82 valence electrons. The van der Waals surface area contributed by atoms with E-state index in [4.69, 9.17) is 16.3 Å². The average Bonchev–Trinajstić information content (AvgIpc) is 2.23. The molecule has 1 rings (SSSR count). The molecular weight excluding hydrogens is 212 g/mol. The fraction of sp³-hybridized carbons (Fsp3) is 0.417. The zero-order valence-electron chi connectivity index (χ0n) is 9.05. The summed E-state index contributed by atoms with van der Waals surface area (Å²) in [5.41, 5.74) is 2.02. The zero-order valence-corrected chi connectivity index (χ0v) is 9.80. The van der Waals surface area contributed by atoms with Crippen LogP contribution in [0.4, 0.5) is 0 Å². The first kappa shape index (κ1) is 12.1. The van der Waals surface area contributed by atoms with Gasteiger partial charge in [0.1, 0.15) is 5.75 Å². The molecule has 0 N–H and O–H groups in total. The van der Waals surface area contributed by atoms with E-state index in [1.165, 1.54) is 0 Å². The SMILES string of the molecule is CCOc1cccc(C)c1CC(=O)CCl. The number of hydrogen-bond donors (Lipinski definition) is 0. The van der Waals surface area contributed by atoms with E-state index < -0.39 is 0 Å². The third kappa shape index (κ3) is 3.24. The van der Waals surface area contributed by atoms with Gasteiger partial charge in [-0.2, -0.15) is 0 Å². The number of halogens is 1. The molecule has 0 atom stereocenters. The summed E-state index contributed by atoms with van der Waals surface area (Å²) in [6, 6.07) is 5.78. The van der Waals surface area contributed by atoms with Crippen molar-refractivity contribution in [1.82, 2.24) is 0 Å². The van der Waals surface area contributed by atoms with Gasteiger partial charge in [0.25, 0.3) is 0 Å². The molecule has 0 saturated heterocycles. The normalized spacial score (nSPS) is 10.1. The predicted molar refractivity (Wildman–Crippen MR) is 61.8 cm³/mol. The van der Waals surface area contributed by atoms with Crippen LogP contribution in [0.3, 0.4) is 0 Å². The highest BCUT2D eigenvalue weighted by atomic mass is 35.5. The van der Waals surface area contributed by atoms with Gasteiger partial charge in [-0.15, -0.1) is 11.6 Å². The molecule has 0 bridgehead atoms. The van der Waals surface area contributed by atoms with E-state index in [1.54, 1.807) is 0 Å². The van der Waals surface area contributed by atoms with Crippen molar-refractivity contribution in [2.24, 2.45) is 0 Å². The maximum Gasteiger partial charge on any atom is 0.152 e. The van der Waals surface area contributed by atoms with Crippen LogP contribution in [0, 0.1) is 6.92 Å². The van der Waals surface area contributed by atoms with E-state index in [1.807, 2.05) is 32.0 Å². The molecule has 0 aliphatic carbocycles. The van der Waals surface area contributed by atoms with Crippen LogP contribution < -0.4 is 4.74 Å². The van der Waals surface area contributed by atoms with Crippen molar-refractivity contribution in [3.05, 3.63) is 29.3 Å². The summed E-state index contributed by atoms with van der Waals surface area (Å²) in [5, 5.41) is 0. The smallest absolute Gasteiger partial charge is 0.152 e. The number of benzene rings is 1. The van der Waals surface area contributed by atoms with Gasteiger partial charge < -0.3 is 4.74 Å². The summed E-state index contributed by atoms with van der Waals surface area (Å²) in [6.45, 7) is 4.50. The standard InChI is InChI=1S/C12H15ClO2/c1-3-15-12-6-4-5-9(2)11(12)7-10(14)8-13/h4-6H,3,7-8H2,1-2H3. The van der Waals surface area contributed by atoms with E-state index in [0.29, 0.717) is 13.0 Å². The highest BCUT2D eigenvalue weighted by Gasteiger charge is 2.10. The van der Waals surface area contributed by atoms with Gasteiger partial charge in [-0.05, 0) is 25.5 Å². The van der Waals surface area contributed by atoms with Crippen molar-refractivity contribution in [3.63, 3.8) is 0 Å². The number of carbonyl (C=O) groups is 1. The van der Waals surface area contributed by atoms with Crippen molar-refractivity contribution >= 4 is 17.4 Å². The number of Topliss-reactive ketones (excluding diaryl/α,β-unsaturated/α-hetero) is 1. The summed E-state index contributed by atoms with van der Waals surface area (Å²) in [6.07, 6.45) is 0.353. The predicted octanol–water partition coefficient (Wildman–Crippen LogP) is 2.74. The van der Waals surface area contributed by atoms with E-state index in [0.717, 1.165) is 16.9 Å². The Bertz CT molecular complexity index is 347. The van der Waals surface area contributed by atoms with Gasteiger partial charge >= 0.3 is 0 Å². The Hall–Kier alpha value is -1.02. The molecule has 0 fully saturated rings. The van der Waals surface area contributed by atoms with Gasteiger partial charge in [0.05, 0.1) is 12.5 Å². The number of carbonyl (C=O) groups excluding carboxylic acids is 1. The summed E-state index contributed by atoms with van der Waals surface area (Å²) >= 11 is 5.49. The fourth-order valence-corrected chi connectivity index (χ4v) is 1.53. The quantitative estimate of drug-likeness (QED) is 0.722. The zero-order chi connectivity index (χ0) is 11.3. The molecule has 1 aromatic carbocycles. The monoisotopic (exact) mass is 226 g/mol. The minimum atomic E-state index is 0.0203. The Morgan fingerprint density at radius 1 is 1.47 bits per heavy atom. The van der Waals surface area contributed by atoms with Crippen molar-refractivity contribution in [2.45, 2.75) is 20.3 Å². The molecule has 0 heterocycles. The summed E-state index contributed by atoms with van der Waals surface area (Å²) in [5.74, 6) is 0.864. The Morgan fingerprint density at radius 2 is 2.20 bits per heavy atom. The molecule has 2 nitrogen and oxygen atoms in total. The Morgan fingerprint density at radius 3 is 2.80 bits per heavy atom. The Kier molecular flexibility index (Phi) is 4.63. The van der Waals surface area contributed by atoms with Crippen molar-refractivity contribution < 1.29 is 9.53 Å². The Labute approximate surface area is 95.2 Å². The Balaban J connectivity index is 2.96. The van der Waals surface area contributed by atoms with Gasteiger partial charge in [-0.3, -0.25) is 4.79 Å². The maximum absolute atomic E-state index is 11.3. The second-order valence-electron chi connectivity index (χ2n) is 3.33. The largest absolute Gasteiger partial charge is 0.494 e. The minimum absolute atomic E-state index is 0.0203. The lowest BCUT2D eigenvalue weighted by Crippen LogP contribution is -2.07. The van der Waals surface area contributed by atoms with Gasteiger partial charge in [0.15, 0.2) is 5.78 Å². The number of alkyl halides is 1. The van der Waals surface area contributed by atoms with Crippen LogP contribution in [-0.2, 0) is 11.2 Å². The molecule has 3 heteroatoms. The topological polar surface area (TPSA) is 26.3 Å². The lowest BCUT2D eigenvalue weighted by molar-refractivity contribution is -0.116. The number of aryl methyl sites for hydroxylation is 1. The molecule has 1 aromatic rings. The first-order valence-corrected chi connectivity index (χ1v) is 5.51. The van der Waals surface area contributed by atoms with Gasteiger partial charge in [-0.25, -0.2) is 0 Å². The van der Waals surface area contributed by atoms with Crippen LogP contribution in [0.2, 0.25) is 0 Å².